The number of likely N-dealkylation sites (tertiary alicyclic amines) is 1. The summed E-state index contributed by atoms with van der Waals surface area (Å²) in [7, 11) is 3.51. The van der Waals surface area contributed by atoms with Crippen molar-refractivity contribution in [3.05, 3.63) is 11.6 Å². The first kappa shape index (κ1) is 18.1. The molecule has 0 aliphatic carbocycles. The van der Waals surface area contributed by atoms with Crippen LogP contribution in [0, 0.1) is 5.92 Å². The van der Waals surface area contributed by atoms with Crippen LogP contribution in [0.4, 0.5) is 0 Å². The first-order valence-corrected chi connectivity index (χ1v) is 9.32. The van der Waals surface area contributed by atoms with E-state index < -0.39 is 0 Å². The number of aryl methyl sites for hydroxylation is 1. The fourth-order valence-corrected chi connectivity index (χ4v) is 3.66. The molecule has 0 aromatic carbocycles. The number of methoxy groups -OCH3 is 1. The molecule has 3 heterocycles. The van der Waals surface area contributed by atoms with Gasteiger partial charge in [0, 0.05) is 39.7 Å². The number of nitrogens with one attached hydrogen (secondary N) is 2. The fourth-order valence-electron chi connectivity index (χ4n) is 3.66. The summed E-state index contributed by atoms with van der Waals surface area (Å²) in [6, 6.07) is 0.325. The Morgan fingerprint density at radius 3 is 2.96 bits per heavy atom. The van der Waals surface area contributed by atoms with Gasteiger partial charge in [0.2, 0.25) is 0 Å². The Morgan fingerprint density at radius 2 is 2.24 bits per heavy atom. The predicted molar refractivity (Wildman–Crippen MR) is 97.6 cm³/mol. The Labute approximate surface area is 150 Å². The molecule has 1 aromatic rings. The molecule has 0 spiro atoms. The monoisotopic (exact) mass is 349 g/mol. The van der Waals surface area contributed by atoms with Crippen LogP contribution < -0.4 is 10.6 Å². The third-order valence-corrected chi connectivity index (χ3v) is 5.12. The number of fused-ring (bicyclic) bond motifs is 1. The number of aliphatic imine (C=N–C) groups is 1. The number of rotatable bonds is 6. The lowest BCUT2D eigenvalue weighted by atomic mass is 10.1. The highest BCUT2D eigenvalue weighted by Crippen LogP contribution is 2.15. The Kier molecular flexibility index (Phi) is 6.25. The zero-order valence-electron chi connectivity index (χ0n) is 15.7. The largest absolute Gasteiger partial charge is 0.377 e. The maximum Gasteiger partial charge on any atom is 0.191 e. The summed E-state index contributed by atoms with van der Waals surface area (Å²) < 4.78 is 7.12. The van der Waals surface area contributed by atoms with E-state index in [4.69, 9.17) is 4.74 Å². The molecule has 1 fully saturated rings. The molecule has 2 unspecified atom stereocenters. The number of ether oxygens (including phenoxy) is 1. The van der Waals surface area contributed by atoms with Crippen molar-refractivity contribution < 1.29 is 4.74 Å². The van der Waals surface area contributed by atoms with Crippen molar-refractivity contribution in [3.63, 3.8) is 0 Å². The van der Waals surface area contributed by atoms with Gasteiger partial charge in [0.25, 0.3) is 0 Å². The van der Waals surface area contributed by atoms with Crippen molar-refractivity contribution >= 4 is 5.96 Å². The minimum Gasteiger partial charge on any atom is -0.377 e. The summed E-state index contributed by atoms with van der Waals surface area (Å²) in [6.07, 6.45) is 3.24. The van der Waals surface area contributed by atoms with Gasteiger partial charge in [-0.3, -0.25) is 4.99 Å². The first-order chi connectivity index (χ1) is 12.2. The number of guanidine groups is 1. The molecule has 0 radical (unpaired) electrons. The molecule has 1 aromatic heterocycles. The van der Waals surface area contributed by atoms with Gasteiger partial charge >= 0.3 is 0 Å². The first-order valence-electron chi connectivity index (χ1n) is 9.32. The lowest BCUT2D eigenvalue weighted by Crippen LogP contribution is -2.48. The summed E-state index contributed by atoms with van der Waals surface area (Å²) in [5.41, 5.74) is 0. The van der Waals surface area contributed by atoms with Crippen molar-refractivity contribution in [2.24, 2.45) is 10.9 Å². The van der Waals surface area contributed by atoms with E-state index in [1.807, 2.05) is 11.7 Å². The van der Waals surface area contributed by atoms with Crippen molar-refractivity contribution in [3.8, 4) is 0 Å². The third-order valence-electron chi connectivity index (χ3n) is 5.12. The molecule has 2 aliphatic rings. The second kappa shape index (κ2) is 8.62. The molecule has 1 saturated heterocycles. The second-order valence-electron chi connectivity index (χ2n) is 6.94. The van der Waals surface area contributed by atoms with Gasteiger partial charge in [-0.15, -0.1) is 0 Å². The fraction of sp³-hybridized carbons (Fsp3) is 0.824. The molecule has 2 atom stereocenters. The molecule has 8 nitrogen and oxygen atoms in total. The van der Waals surface area contributed by atoms with Crippen LogP contribution in [0.2, 0.25) is 0 Å². The second-order valence-corrected chi connectivity index (χ2v) is 6.94. The van der Waals surface area contributed by atoms with Gasteiger partial charge in [0.05, 0.1) is 6.54 Å². The van der Waals surface area contributed by atoms with E-state index in [0.717, 1.165) is 50.1 Å². The van der Waals surface area contributed by atoms with Gasteiger partial charge in [-0.25, -0.2) is 9.67 Å². The summed E-state index contributed by atoms with van der Waals surface area (Å²) in [4.78, 5) is 11.4. The van der Waals surface area contributed by atoms with Gasteiger partial charge in [0.15, 0.2) is 11.8 Å². The van der Waals surface area contributed by atoms with Gasteiger partial charge in [-0.1, -0.05) is 6.92 Å². The smallest absolute Gasteiger partial charge is 0.191 e. The van der Waals surface area contributed by atoms with Crippen LogP contribution in [0.15, 0.2) is 4.99 Å². The van der Waals surface area contributed by atoms with E-state index in [1.54, 1.807) is 7.11 Å². The zero-order chi connectivity index (χ0) is 17.6. The van der Waals surface area contributed by atoms with Crippen molar-refractivity contribution in [1.29, 1.82) is 0 Å². The maximum absolute atomic E-state index is 5.12. The third kappa shape index (κ3) is 4.70. The number of hydrogen-bond donors (Lipinski definition) is 2. The van der Waals surface area contributed by atoms with Crippen LogP contribution in [0.5, 0.6) is 0 Å². The van der Waals surface area contributed by atoms with Crippen LogP contribution in [0.25, 0.3) is 0 Å². The Bertz CT molecular complexity index is 586. The Balaban J connectivity index is 1.47. The minimum atomic E-state index is 0.325. The number of nitrogens with zero attached hydrogens (tertiary/aromatic N) is 5. The van der Waals surface area contributed by atoms with Crippen molar-refractivity contribution in [1.82, 2.24) is 30.3 Å². The summed E-state index contributed by atoms with van der Waals surface area (Å²) in [6.45, 7) is 8.06. The van der Waals surface area contributed by atoms with Crippen molar-refractivity contribution in [2.75, 3.05) is 40.3 Å². The van der Waals surface area contributed by atoms with E-state index in [-0.39, 0.29) is 0 Å². The standard InChI is InChI=1S/C17H31N7O/c1-4-23-8-7-13(10-23)9-19-17(18-2)20-14-5-6-16-21-15(12-25-3)22-24(16)11-14/h13-14H,4-12H2,1-3H3,(H2,18,19,20). The molecule has 2 aliphatic heterocycles. The average Bonchev–Trinajstić information content (AvgIpc) is 3.24. The molecule has 8 heteroatoms. The van der Waals surface area contributed by atoms with Gasteiger partial charge in [-0.2, -0.15) is 5.10 Å². The van der Waals surface area contributed by atoms with Crippen LogP contribution >= 0.6 is 0 Å². The SMILES string of the molecule is CCN1CCC(CNC(=NC)NC2CCc3nc(COC)nn3C2)C1. The van der Waals surface area contributed by atoms with Gasteiger partial charge in [-0.05, 0) is 31.8 Å². The average molecular weight is 349 g/mol. The van der Waals surface area contributed by atoms with Crippen molar-refractivity contribution in [2.45, 2.75) is 45.4 Å². The lowest BCUT2D eigenvalue weighted by molar-refractivity contribution is 0.177. The molecule has 0 saturated carbocycles. The molecule has 0 bridgehead atoms. The van der Waals surface area contributed by atoms with Crippen LogP contribution in [0.1, 0.15) is 31.4 Å². The molecule has 0 amide bonds. The van der Waals surface area contributed by atoms with Crippen LogP contribution in [0.3, 0.4) is 0 Å². The molecule has 25 heavy (non-hydrogen) atoms. The van der Waals surface area contributed by atoms with E-state index >= 15 is 0 Å². The van der Waals surface area contributed by atoms with Crippen LogP contribution in [-0.2, 0) is 24.3 Å². The molecule has 2 N–H and O–H groups in total. The van der Waals surface area contributed by atoms with E-state index in [2.05, 4.69) is 37.5 Å². The Hall–Kier alpha value is -1.67. The minimum absolute atomic E-state index is 0.325. The molecule has 3 rings (SSSR count). The highest BCUT2D eigenvalue weighted by Gasteiger charge is 2.24. The quantitative estimate of drug-likeness (QED) is 0.566. The van der Waals surface area contributed by atoms with Crippen LogP contribution in [-0.4, -0.2) is 72.0 Å². The Morgan fingerprint density at radius 1 is 1.36 bits per heavy atom. The highest BCUT2D eigenvalue weighted by molar-refractivity contribution is 5.79. The molecular formula is C17H31N7O. The van der Waals surface area contributed by atoms with E-state index in [0.29, 0.717) is 18.6 Å². The lowest BCUT2D eigenvalue weighted by Gasteiger charge is -2.26. The predicted octanol–water partition coefficient (Wildman–Crippen LogP) is 0.246. The van der Waals surface area contributed by atoms with Gasteiger partial charge < -0.3 is 20.3 Å². The highest BCUT2D eigenvalue weighted by atomic mass is 16.5. The topological polar surface area (TPSA) is 79.6 Å². The molecule has 140 valence electrons. The maximum atomic E-state index is 5.12. The van der Waals surface area contributed by atoms with E-state index in [9.17, 15) is 0 Å². The summed E-state index contributed by atoms with van der Waals surface area (Å²) in [5.74, 6) is 3.42. The normalized spacial score (nSPS) is 24.4. The summed E-state index contributed by atoms with van der Waals surface area (Å²) >= 11 is 0. The molecular weight excluding hydrogens is 318 g/mol. The van der Waals surface area contributed by atoms with E-state index in [1.165, 1.54) is 19.5 Å². The summed E-state index contributed by atoms with van der Waals surface area (Å²) in [5, 5.41) is 11.6. The number of hydrogen-bond acceptors (Lipinski definition) is 5. The zero-order valence-corrected chi connectivity index (χ0v) is 15.7. The van der Waals surface area contributed by atoms with Gasteiger partial charge in [0.1, 0.15) is 12.4 Å². The number of aromatic nitrogens is 3.